The highest BCUT2D eigenvalue weighted by molar-refractivity contribution is 6.00. The van der Waals surface area contributed by atoms with Crippen LogP contribution in [0.4, 0.5) is 0 Å². The number of hydrogen-bond acceptors (Lipinski definition) is 22. The molecule has 0 unspecified atom stereocenters. The van der Waals surface area contributed by atoms with Gasteiger partial charge in [0.1, 0.15) is 72.5 Å². The number of likely N-dealkylation sites (tertiary alicyclic amines) is 1. The molecule has 105 heavy (non-hydrogen) atoms. The van der Waals surface area contributed by atoms with Gasteiger partial charge in [0.05, 0.1) is 31.8 Å². The van der Waals surface area contributed by atoms with Crippen LogP contribution in [0, 0.1) is 17.8 Å². The van der Waals surface area contributed by atoms with Crippen LogP contribution < -0.4 is 97.8 Å². The number of carbonyl (C=O) groups is 18. The third-order valence-electron chi connectivity index (χ3n) is 15.9. The fraction of sp³-hybridized carbons (Fsp3) is 0.698. The van der Waals surface area contributed by atoms with Crippen LogP contribution in [0.5, 0.6) is 0 Å². The first-order valence-electron chi connectivity index (χ1n) is 34.2. The molecule has 42 nitrogen and oxygen atoms in total. The van der Waals surface area contributed by atoms with Crippen LogP contribution in [0.1, 0.15) is 146 Å². The average Bonchev–Trinajstić information content (AvgIpc) is 1.82. The summed E-state index contributed by atoms with van der Waals surface area (Å²) in [6.07, 6.45) is -4.69. The Bertz CT molecular complexity index is 3110. The van der Waals surface area contributed by atoms with Gasteiger partial charge >= 0.3 is 11.9 Å². The third kappa shape index (κ3) is 35.1. The predicted octanol–water partition coefficient (Wildman–Crippen LogP) is -9.42. The maximum Gasteiger partial charge on any atom is 0.326 e. The number of carbonyl (C=O) groups excluding carboxylic acids is 16. The number of nitrogens with zero attached hydrogens (tertiary/aromatic N) is 2. The van der Waals surface area contributed by atoms with Crippen molar-refractivity contribution in [3.63, 3.8) is 0 Å². The molecule has 16 amide bonds. The summed E-state index contributed by atoms with van der Waals surface area (Å²) in [6.45, 7) is 12.1. The highest BCUT2D eigenvalue weighted by Crippen LogP contribution is 2.21. The average molecular weight is 1500 g/mol. The number of nitrogens with one attached hydrogen (secondary N) is 13. The van der Waals surface area contributed by atoms with E-state index in [0.29, 0.717) is 0 Å². The monoisotopic (exact) mass is 1500 g/mol. The van der Waals surface area contributed by atoms with E-state index in [-0.39, 0.29) is 69.4 Å². The zero-order chi connectivity index (χ0) is 80.3. The quantitative estimate of drug-likeness (QED) is 0.0153. The Balaban J connectivity index is 3.21. The van der Waals surface area contributed by atoms with Crippen LogP contribution >= 0.6 is 0 Å². The van der Waals surface area contributed by atoms with E-state index in [1.165, 1.54) is 41.5 Å². The largest absolute Gasteiger partial charge is 0.481 e. The Morgan fingerprint density at radius 3 is 1.38 bits per heavy atom. The number of nitrogens with two attached hydrogens (primary N) is 5. The summed E-state index contributed by atoms with van der Waals surface area (Å²) < 4.78 is 0. The van der Waals surface area contributed by atoms with Gasteiger partial charge in [0, 0.05) is 32.4 Å². The Labute approximate surface area is 606 Å². The van der Waals surface area contributed by atoms with E-state index in [1.54, 1.807) is 27.7 Å². The lowest BCUT2D eigenvalue weighted by Crippen LogP contribution is -2.61. The van der Waals surface area contributed by atoms with E-state index in [9.17, 15) is 107 Å². The molecule has 1 rings (SSSR count). The molecule has 42 heteroatoms. The molecule has 1 saturated heterocycles. The molecule has 0 aromatic carbocycles. The molecule has 1 heterocycles. The molecule has 1 fully saturated rings. The number of rotatable bonds is 48. The highest BCUT2D eigenvalue weighted by atomic mass is 16.4. The van der Waals surface area contributed by atoms with Gasteiger partial charge in [-0.25, -0.2) is 4.79 Å². The van der Waals surface area contributed by atoms with Crippen molar-refractivity contribution in [3.05, 3.63) is 0 Å². The minimum absolute atomic E-state index is 0.00652. The molecule has 0 spiro atoms. The maximum absolute atomic E-state index is 14.3. The normalized spacial score (nSPS) is 16.3. The van der Waals surface area contributed by atoms with Gasteiger partial charge < -0.3 is 123 Å². The first-order valence-corrected chi connectivity index (χ1v) is 34.2. The molecule has 14 atom stereocenters. The van der Waals surface area contributed by atoms with E-state index >= 15 is 0 Å². The number of aliphatic imine (C=N–C) groups is 1. The van der Waals surface area contributed by atoms with Crippen molar-refractivity contribution in [2.75, 3.05) is 32.8 Å². The molecule has 1 aliphatic heterocycles. The first-order chi connectivity index (χ1) is 48.9. The van der Waals surface area contributed by atoms with Gasteiger partial charge in [0.2, 0.25) is 94.5 Å². The fourth-order valence-corrected chi connectivity index (χ4v) is 10.2. The second-order valence-corrected chi connectivity index (χ2v) is 26.5. The Kier molecular flexibility index (Phi) is 40.9. The number of aliphatic hydroxyl groups excluding tert-OH is 2. The molecule has 1 aliphatic rings. The number of guanidine groups is 1. The second kappa shape index (κ2) is 46.4. The minimum atomic E-state index is -1.72. The Morgan fingerprint density at radius 2 is 0.905 bits per heavy atom. The molecule has 27 N–H and O–H groups in total. The summed E-state index contributed by atoms with van der Waals surface area (Å²) in [7, 11) is 0. The van der Waals surface area contributed by atoms with Crippen molar-refractivity contribution in [2.45, 2.75) is 231 Å². The molecule has 0 aromatic rings. The van der Waals surface area contributed by atoms with Gasteiger partial charge in [-0.1, -0.05) is 41.5 Å². The molecule has 592 valence electrons. The summed E-state index contributed by atoms with van der Waals surface area (Å²) >= 11 is 0. The summed E-state index contributed by atoms with van der Waals surface area (Å²) in [5, 5.41) is 70.4. The second-order valence-electron chi connectivity index (χ2n) is 26.5. The zero-order valence-corrected chi connectivity index (χ0v) is 60.8. The lowest BCUT2D eigenvalue weighted by atomic mass is 10.0. The van der Waals surface area contributed by atoms with Crippen molar-refractivity contribution >= 4 is 112 Å². The number of carboxylic acids is 2. The highest BCUT2D eigenvalue weighted by Gasteiger charge is 2.41. The van der Waals surface area contributed by atoms with E-state index in [0.717, 1.165) is 4.90 Å². The Hall–Kier alpha value is -10.4. The molecular formula is C63H108N20O22. The van der Waals surface area contributed by atoms with Gasteiger partial charge in [0.25, 0.3) is 0 Å². The van der Waals surface area contributed by atoms with Crippen LogP contribution in [-0.4, -0.2) is 255 Å². The predicted molar refractivity (Wildman–Crippen MR) is 371 cm³/mol. The molecule has 0 radical (unpaired) electrons. The van der Waals surface area contributed by atoms with Gasteiger partial charge in [-0.2, -0.15) is 0 Å². The lowest BCUT2D eigenvalue weighted by molar-refractivity contribution is -0.143. The number of aliphatic hydroxyl groups is 2. The topological polar surface area (TPSA) is 690 Å². The molecular weight excluding hydrogens is 1390 g/mol. The van der Waals surface area contributed by atoms with E-state index in [4.69, 9.17) is 28.7 Å². The number of carboxylic acid groups (broad SMARTS) is 2. The minimum Gasteiger partial charge on any atom is -0.481 e. The first kappa shape index (κ1) is 92.6. The lowest BCUT2D eigenvalue weighted by Gasteiger charge is -2.30. The number of amides is 16. The number of hydrogen-bond donors (Lipinski definition) is 22. The summed E-state index contributed by atoms with van der Waals surface area (Å²) in [4.78, 5) is 241. The summed E-state index contributed by atoms with van der Waals surface area (Å²) in [5.41, 5.74) is 26.9. The Morgan fingerprint density at radius 1 is 0.467 bits per heavy atom. The molecule has 0 aliphatic carbocycles. The summed E-state index contributed by atoms with van der Waals surface area (Å²) in [6, 6.07) is -18.9. The van der Waals surface area contributed by atoms with Gasteiger partial charge in [-0.15, -0.1) is 0 Å². The third-order valence-corrected chi connectivity index (χ3v) is 15.9. The van der Waals surface area contributed by atoms with E-state index in [1.807, 2.05) is 0 Å². The van der Waals surface area contributed by atoms with Crippen molar-refractivity contribution in [2.24, 2.45) is 51.4 Å². The summed E-state index contributed by atoms with van der Waals surface area (Å²) in [5.74, 6) is -19.7. The maximum atomic E-state index is 14.3. The van der Waals surface area contributed by atoms with Crippen LogP contribution in [0.15, 0.2) is 4.99 Å². The number of aliphatic carboxylic acids is 2. The van der Waals surface area contributed by atoms with Crippen molar-refractivity contribution in [1.29, 1.82) is 0 Å². The molecule has 0 aromatic heterocycles. The van der Waals surface area contributed by atoms with Gasteiger partial charge in [-0.05, 0) is 103 Å². The van der Waals surface area contributed by atoms with E-state index in [2.05, 4.69) is 74.1 Å². The smallest absolute Gasteiger partial charge is 0.326 e. The SMILES string of the molecule is CC(C)C[C@H](NC(=O)[C@H](CO)NC(=O)CNC(=O)[C@@H](NC(=O)[C@@H](NC(=O)[C@H](C)NC(=O)[C@H](C)N)[C@@H](C)O)C(C)C)C(=O)N[C@@H](C)C(=O)NCC(=O)N[C@@H](CCC(N)=O)C(=O)N1CCC[C@H]1C(=O)N[C@@H](CC(C)C)C(=O)N[C@@H](CCC(N)=O)C(=O)N[C@@H](CCC(=O)O)C(=O)N[C@@H](CCCN=C(N)N)C(=O)O. The van der Waals surface area contributed by atoms with E-state index < -0.39 is 255 Å². The van der Waals surface area contributed by atoms with Gasteiger partial charge in [-0.3, -0.25) is 86.5 Å². The molecule has 0 bridgehead atoms. The van der Waals surface area contributed by atoms with Crippen molar-refractivity contribution in [3.8, 4) is 0 Å². The van der Waals surface area contributed by atoms with Crippen molar-refractivity contribution in [1.82, 2.24) is 74.0 Å². The van der Waals surface area contributed by atoms with Crippen molar-refractivity contribution < 1.29 is 107 Å². The van der Waals surface area contributed by atoms with Crippen LogP contribution in [0.2, 0.25) is 0 Å². The van der Waals surface area contributed by atoms with Crippen LogP contribution in [0.25, 0.3) is 0 Å². The zero-order valence-electron chi connectivity index (χ0n) is 60.8. The standard InChI is InChI=1S/C63H108N20O22/c1-28(2)23-39(79-57(99)41(27-84)75-46(89)26-71-59(101)48(30(5)6)81-60(102)49(34(10)85)82-52(94)33(9)72-50(92)31(7)64)55(97)73-32(8)51(93)70-25-45(88)74-37(16-19-44(66)87)61(103)83-22-12-14-42(83)58(100)80-40(24-29(3)4)56(98)77-35(15-18-43(65)86)53(95)76-36(17-20-47(90)91)54(96)78-38(62(104)105)13-11-21-69-63(67)68/h28-42,48-49,84-85H,11-27,64H2,1-10H3,(H2,65,86)(H2,66,87)(H,70,93)(H,71,101)(H,72,92)(H,73,97)(H,74,88)(H,75,89)(H,76,95)(H,77,98)(H,78,96)(H,79,99)(H,80,100)(H,81,102)(H,82,94)(H,90,91)(H,104,105)(H4,67,68,69)/t31-,32-,33-,34+,35-,36-,37-,38-,39-,40-,41-,42-,48-,49-/m0/s1. The number of primary amides is 2. The van der Waals surface area contributed by atoms with Crippen LogP contribution in [0.3, 0.4) is 0 Å². The molecule has 0 saturated carbocycles. The van der Waals surface area contributed by atoms with Crippen LogP contribution in [-0.2, 0) is 86.3 Å². The fourth-order valence-electron chi connectivity index (χ4n) is 10.2. The van der Waals surface area contributed by atoms with Gasteiger partial charge in [0.15, 0.2) is 5.96 Å².